The zero-order valence-corrected chi connectivity index (χ0v) is 39.5. The molecule has 17 unspecified atom stereocenters. The molecule has 14 rings (SSSR count). The highest BCUT2D eigenvalue weighted by Crippen LogP contribution is 2.57. The Bertz CT molecular complexity index is 2360. The molecule has 0 bridgehead atoms. The minimum atomic E-state index is 0.488. The number of allylic oxidation sites excluding steroid dienone is 19. The molecule has 0 N–H and O–H groups in total. The van der Waals surface area contributed by atoms with Crippen LogP contribution in [-0.4, -0.2) is 57.6 Å². The Balaban J connectivity index is 0.767. The second-order valence-corrected chi connectivity index (χ2v) is 23.5. The molecule has 0 radical (unpaired) electrons. The van der Waals surface area contributed by atoms with Gasteiger partial charge < -0.3 is 19.4 Å². The third kappa shape index (κ3) is 6.70. The van der Waals surface area contributed by atoms with Crippen LogP contribution in [0.25, 0.3) is 0 Å². The summed E-state index contributed by atoms with van der Waals surface area (Å²) < 4.78 is 6.51. The molecule has 0 spiro atoms. The maximum atomic E-state index is 6.51. The highest BCUT2D eigenvalue weighted by atomic mass is 16.5. The van der Waals surface area contributed by atoms with Crippen molar-refractivity contribution >= 4 is 0 Å². The van der Waals surface area contributed by atoms with Crippen molar-refractivity contribution in [2.45, 2.75) is 152 Å². The molecule has 4 saturated heterocycles. The average molecular weight is 878 g/mol. The van der Waals surface area contributed by atoms with Crippen molar-refractivity contribution in [3.8, 4) is 0 Å². The summed E-state index contributed by atoms with van der Waals surface area (Å²) in [4.78, 5) is 8.77. The molecule has 4 heteroatoms. The molecule has 0 aromatic rings. The van der Waals surface area contributed by atoms with E-state index in [9.17, 15) is 0 Å². The zero-order valence-electron chi connectivity index (χ0n) is 39.5. The fourth-order valence-electron chi connectivity index (χ4n) is 17.6. The van der Waals surface area contributed by atoms with Gasteiger partial charge in [0.05, 0.1) is 42.9 Å². The van der Waals surface area contributed by atoms with Gasteiger partial charge in [0.1, 0.15) is 5.76 Å². The first-order valence-electron chi connectivity index (χ1n) is 27.6. The second kappa shape index (κ2) is 16.8. The number of likely N-dealkylation sites (tertiary alicyclic amines) is 3. The van der Waals surface area contributed by atoms with Crippen molar-refractivity contribution in [3.05, 3.63) is 156 Å². The Labute approximate surface area is 396 Å². The van der Waals surface area contributed by atoms with Crippen LogP contribution in [0.2, 0.25) is 0 Å². The average Bonchev–Trinajstić information content (AvgIpc) is 4.14. The van der Waals surface area contributed by atoms with Gasteiger partial charge in [0.25, 0.3) is 0 Å². The predicted octanol–water partition coefficient (Wildman–Crippen LogP) is 13.4. The molecule has 4 fully saturated rings. The molecule has 4 aliphatic heterocycles. The summed E-state index contributed by atoms with van der Waals surface area (Å²) in [6, 6.07) is 3.27. The second-order valence-electron chi connectivity index (χ2n) is 23.5. The van der Waals surface area contributed by atoms with Crippen LogP contribution in [0.4, 0.5) is 0 Å². The highest BCUT2D eigenvalue weighted by Gasteiger charge is 2.55. The van der Waals surface area contributed by atoms with Gasteiger partial charge in [-0.25, -0.2) is 0 Å². The van der Waals surface area contributed by atoms with Crippen LogP contribution in [0.1, 0.15) is 116 Å². The summed E-state index contributed by atoms with van der Waals surface area (Å²) in [6.45, 7) is 0.883. The van der Waals surface area contributed by atoms with Gasteiger partial charge in [-0.2, -0.15) is 0 Å². The van der Waals surface area contributed by atoms with E-state index in [1.165, 1.54) is 115 Å². The zero-order chi connectivity index (χ0) is 43.3. The lowest BCUT2D eigenvalue weighted by Gasteiger charge is -2.41. The van der Waals surface area contributed by atoms with Gasteiger partial charge in [-0.05, 0) is 193 Å². The van der Waals surface area contributed by atoms with Gasteiger partial charge in [0.15, 0.2) is 0 Å². The Morgan fingerprint density at radius 2 is 1.11 bits per heavy atom. The molecule has 17 atom stereocenters. The smallest absolute Gasteiger partial charge is 0.100 e. The van der Waals surface area contributed by atoms with Gasteiger partial charge in [0, 0.05) is 34.8 Å². The quantitative estimate of drug-likeness (QED) is 0.248. The Kier molecular flexibility index (Phi) is 10.4. The van der Waals surface area contributed by atoms with Crippen molar-refractivity contribution in [2.24, 2.45) is 65.1 Å². The van der Waals surface area contributed by atoms with Gasteiger partial charge in [0.2, 0.25) is 0 Å². The lowest BCUT2D eigenvalue weighted by atomic mass is 9.64. The summed E-state index contributed by atoms with van der Waals surface area (Å²) in [7, 11) is 0. The topological polar surface area (TPSA) is 19.0 Å². The van der Waals surface area contributed by atoms with Crippen molar-refractivity contribution < 1.29 is 4.74 Å². The maximum Gasteiger partial charge on any atom is 0.100 e. The molecule has 0 aromatic heterocycles. The van der Waals surface area contributed by atoms with Crippen LogP contribution in [0.3, 0.4) is 0 Å². The molecule has 344 valence electrons. The van der Waals surface area contributed by atoms with Crippen molar-refractivity contribution in [3.63, 3.8) is 0 Å². The van der Waals surface area contributed by atoms with E-state index >= 15 is 0 Å². The van der Waals surface area contributed by atoms with Crippen molar-refractivity contribution in [1.82, 2.24) is 14.7 Å². The molecule has 14 aliphatic rings. The molecule has 66 heavy (non-hydrogen) atoms. The fraction of sp³-hybridized carbons (Fsp3) is 0.581. The van der Waals surface area contributed by atoms with Crippen LogP contribution >= 0.6 is 0 Å². The Morgan fingerprint density at radius 3 is 1.80 bits per heavy atom. The lowest BCUT2D eigenvalue weighted by Crippen LogP contribution is -2.40. The van der Waals surface area contributed by atoms with E-state index in [1.54, 1.807) is 22.7 Å². The lowest BCUT2D eigenvalue weighted by molar-refractivity contribution is 0.191. The molecular weight excluding hydrogens is 803 g/mol. The van der Waals surface area contributed by atoms with E-state index in [1.807, 2.05) is 5.57 Å². The molecular formula is C62H75N3O. The minimum Gasteiger partial charge on any atom is -0.497 e. The predicted molar refractivity (Wildman–Crippen MR) is 268 cm³/mol. The molecule has 0 amide bonds. The Morgan fingerprint density at radius 1 is 0.455 bits per heavy atom. The molecule has 10 aliphatic carbocycles. The van der Waals surface area contributed by atoms with E-state index in [-0.39, 0.29) is 0 Å². The van der Waals surface area contributed by atoms with Crippen LogP contribution in [0, 0.1) is 65.1 Å². The third-order valence-electron chi connectivity index (χ3n) is 20.5. The van der Waals surface area contributed by atoms with E-state index in [4.69, 9.17) is 4.74 Å². The minimum absolute atomic E-state index is 0.488. The number of nitrogens with zero attached hydrogens (tertiary/aromatic N) is 3. The number of rotatable bonds is 6. The first kappa shape index (κ1) is 40.8. The van der Waals surface area contributed by atoms with Crippen molar-refractivity contribution in [2.75, 3.05) is 6.61 Å². The number of fused-ring (bicyclic) bond motifs is 10. The summed E-state index contributed by atoms with van der Waals surface area (Å²) in [6.07, 6.45) is 74.4. The maximum absolute atomic E-state index is 6.51. The molecule has 0 aromatic carbocycles. The highest BCUT2D eigenvalue weighted by molar-refractivity contribution is 5.38. The van der Waals surface area contributed by atoms with Crippen LogP contribution in [-0.2, 0) is 4.74 Å². The Hall–Kier alpha value is -4.18. The van der Waals surface area contributed by atoms with E-state index < -0.39 is 0 Å². The largest absolute Gasteiger partial charge is 0.497 e. The van der Waals surface area contributed by atoms with E-state index in [0.29, 0.717) is 89.5 Å². The van der Waals surface area contributed by atoms with Crippen molar-refractivity contribution in [1.29, 1.82) is 0 Å². The van der Waals surface area contributed by atoms with Gasteiger partial charge in [-0.15, -0.1) is 0 Å². The third-order valence-corrected chi connectivity index (χ3v) is 20.5. The monoisotopic (exact) mass is 878 g/mol. The van der Waals surface area contributed by atoms with Gasteiger partial charge in [-0.1, -0.05) is 103 Å². The van der Waals surface area contributed by atoms with Crippen LogP contribution in [0.5, 0.6) is 0 Å². The van der Waals surface area contributed by atoms with Gasteiger partial charge >= 0.3 is 0 Å². The SMILES string of the molecule is C1=CCCC(N2C3CCC(C4C=CC5C(C4)C4CC(C6C=CC7C(C6)C6CCC=CC6N7C6=CC=CCC6)C=CC4N5C4=CC=C5OCC(C6=CCCCC6)C5C4)C=C3C3CCC=CC32)=C1. The summed E-state index contributed by atoms with van der Waals surface area (Å²) in [5.74, 6) is 8.56. The number of ether oxygens (including phenoxy) is 1. The summed E-state index contributed by atoms with van der Waals surface area (Å²) >= 11 is 0. The molecule has 4 nitrogen and oxygen atoms in total. The first-order chi connectivity index (χ1) is 32.7. The first-order valence-corrected chi connectivity index (χ1v) is 27.6. The molecule has 0 saturated carbocycles. The van der Waals surface area contributed by atoms with Crippen LogP contribution < -0.4 is 0 Å². The van der Waals surface area contributed by atoms with Crippen LogP contribution in [0.15, 0.2) is 156 Å². The van der Waals surface area contributed by atoms with Gasteiger partial charge in [-0.3, -0.25) is 0 Å². The fourth-order valence-corrected chi connectivity index (χ4v) is 17.6. The number of hydrogen-bond donors (Lipinski definition) is 0. The normalized spacial score (nSPS) is 44.7. The number of hydrogen-bond acceptors (Lipinski definition) is 4. The standard InChI is InChI=1S/C62H75N3O/c1-4-14-40(15-5-1)55-39-66-62-33-28-47(38-54(55)62)65-60-31-26-43(41-24-29-58-50(34-41)48-20-10-12-22-56(48)63(58)45-16-6-2-7-17-45)36-52(60)53-37-44(27-32-61(53)65)42-25-30-59-51(35-42)49-21-11-13-23-57(49)64(59)46-18-8-3-9-19-46/h2-3,6,8,12-14,16,18,22-24,26-29,31-33,35,41-44,48-50,52-61H,1,4-5,7,9-11,15,17,19-21,25,30,34,36-39H2. The van der Waals surface area contributed by atoms with E-state index in [2.05, 4.69) is 136 Å². The summed E-state index contributed by atoms with van der Waals surface area (Å²) in [5, 5.41) is 0. The molecule has 4 heterocycles. The van der Waals surface area contributed by atoms with E-state index in [0.717, 1.165) is 24.9 Å². The summed E-state index contributed by atoms with van der Waals surface area (Å²) in [5.41, 5.74) is 8.28.